The summed E-state index contributed by atoms with van der Waals surface area (Å²) >= 11 is 0. The Hall–Kier alpha value is -2.04. The third kappa shape index (κ3) is 2.46. The van der Waals surface area contributed by atoms with Gasteiger partial charge in [0.1, 0.15) is 11.4 Å². The number of carbonyl (C=O) groups excluding carboxylic acids is 2. The van der Waals surface area contributed by atoms with Crippen LogP contribution in [0.3, 0.4) is 0 Å². The third-order valence-corrected chi connectivity index (χ3v) is 1.79. The van der Waals surface area contributed by atoms with Crippen LogP contribution in [-0.2, 0) is 0 Å². The van der Waals surface area contributed by atoms with E-state index in [9.17, 15) is 14.4 Å². The van der Waals surface area contributed by atoms with E-state index in [4.69, 9.17) is 5.11 Å². The highest BCUT2D eigenvalue weighted by Gasteiger charge is 2.12. The summed E-state index contributed by atoms with van der Waals surface area (Å²) in [7, 11) is 0. The Bertz CT molecular complexity index is 372. The first-order valence-electron chi connectivity index (χ1n) is 4.19. The molecule has 1 N–H and O–H groups in total. The summed E-state index contributed by atoms with van der Waals surface area (Å²) in [6, 6.07) is 2.30. The molecule has 0 radical (unpaired) electrons. The fourth-order valence-electron chi connectivity index (χ4n) is 1.01. The van der Waals surface area contributed by atoms with Crippen LogP contribution in [0.1, 0.15) is 45.2 Å². The Labute approximate surface area is 85.8 Å². The van der Waals surface area contributed by atoms with Gasteiger partial charge in [-0.1, -0.05) is 0 Å². The lowest BCUT2D eigenvalue weighted by molar-refractivity contribution is 0.0696. The van der Waals surface area contributed by atoms with Crippen molar-refractivity contribution in [2.45, 2.75) is 13.8 Å². The smallest absolute Gasteiger partial charge is 0.335 e. The molecule has 0 saturated heterocycles. The van der Waals surface area contributed by atoms with Crippen LogP contribution in [-0.4, -0.2) is 27.6 Å². The summed E-state index contributed by atoms with van der Waals surface area (Å²) in [4.78, 5) is 36.5. The largest absolute Gasteiger partial charge is 0.478 e. The topological polar surface area (TPSA) is 84.3 Å². The van der Waals surface area contributed by atoms with E-state index >= 15 is 0 Å². The molecule has 1 heterocycles. The molecule has 1 aromatic heterocycles. The van der Waals surface area contributed by atoms with Gasteiger partial charge < -0.3 is 5.11 Å². The Morgan fingerprint density at radius 2 is 1.47 bits per heavy atom. The SMILES string of the molecule is CC(=O)c1cc(C(=O)O)cc(C(C)=O)n1. The lowest BCUT2D eigenvalue weighted by atomic mass is 10.1. The molecule has 1 rings (SSSR count). The van der Waals surface area contributed by atoms with Gasteiger partial charge in [-0.05, 0) is 12.1 Å². The van der Waals surface area contributed by atoms with Crippen molar-refractivity contribution < 1.29 is 19.5 Å². The minimum Gasteiger partial charge on any atom is -0.478 e. The number of carboxylic acid groups (broad SMARTS) is 1. The van der Waals surface area contributed by atoms with Crippen LogP contribution in [0.15, 0.2) is 12.1 Å². The summed E-state index contributed by atoms with van der Waals surface area (Å²) in [6.45, 7) is 2.52. The average Bonchev–Trinajstić information content (AvgIpc) is 2.16. The number of pyridine rings is 1. The monoisotopic (exact) mass is 207 g/mol. The zero-order valence-corrected chi connectivity index (χ0v) is 8.27. The minimum atomic E-state index is -1.19. The molecule has 5 heteroatoms. The molecular formula is C10H9NO4. The summed E-state index contributed by atoms with van der Waals surface area (Å²) in [5, 5.41) is 8.75. The van der Waals surface area contributed by atoms with Crippen LogP contribution in [0, 0.1) is 0 Å². The number of carbonyl (C=O) groups is 3. The molecule has 5 nitrogen and oxygen atoms in total. The Kier molecular flexibility index (Phi) is 2.94. The fraction of sp³-hybridized carbons (Fsp3) is 0.200. The lowest BCUT2D eigenvalue weighted by Crippen LogP contribution is -2.08. The van der Waals surface area contributed by atoms with Gasteiger partial charge in [0.05, 0.1) is 5.56 Å². The van der Waals surface area contributed by atoms with Gasteiger partial charge in [0.15, 0.2) is 11.6 Å². The van der Waals surface area contributed by atoms with E-state index in [-0.39, 0.29) is 28.5 Å². The normalized spacial score (nSPS) is 9.73. The predicted molar refractivity (Wildman–Crippen MR) is 51.2 cm³/mol. The molecule has 0 aliphatic rings. The van der Waals surface area contributed by atoms with Crippen molar-refractivity contribution in [3.8, 4) is 0 Å². The maximum Gasteiger partial charge on any atom is 0.335 e. The van der Waals surface area contributed by atoms with Crippen LogP contribution < -0.4 is 0 Å². The maximum absolute atomic E-state index is 11.0. The minimum absolute atomic E-state index is 0.0138. The number of hydrogen-bond donors (Lipinski definition) is 1. The van der Waals surface area contributed by atoms with Crippen molar-refractivity contribution >= 4 is 17.5 Å². The van der Waals surface area contributed by atoms with Crippen LogP contribution in [0.4, 0.5) is 0 Å². The van der Waals surface area contributed by atoms with Crippen LogP contribution in [0.25, 0.3) is 0 Å². The molecule has 0 spiro atoms. The van der Waals surface area contributed by atoms with Gasteiger partial charge in [0.25, 0.3) is 0 Å². The second kappa shape index (κ2) is 4.00. The molecule has 0 amide bonds. The first kappa shape index (κ1) is 11.0. The van der Waals surface area contributed by atoms with Crippen LogP contribution in [0.5, 0.6) is 0 Å². The van der Waals surface area contributed by atoms with E-state index in [1.165, 1.54) is 13.8 Å². The van der Waals surface area contributed by atoms with Gasteiger partial charge in [0.2, 0.25) is 0 Å². The number of ketones is 2. The lowest BCUT2D eigenvalue weighted by Gasteiger charge is -2.01. The number of Topliss-reactive ketones (excluding diaryl/α,β-unsaturated/α-hetero) is 2. The third-order valence-electron chi connectivity index (χ3n) is 1.79. The van der Waals surface area contributed by atoms with E-state index in [0.29, 0.717) is 0 Å². The number of aromatic nitrogens is 1. The number of rotatable bonds is 3. The number of carboxylic acids is 1. The van der Waals surface area contributed by atoms with E-state index < -0.39 is 5.97 Å². The molecule has 15 heavy (non-hydrogen) atoms. The van der Waals surface area contributed by atoms with Gasteiger partial charge in [-0.2, -0.15) is 0 Å². The van der Waals surface area contributed by atoms with Crippen molar-refractivity contribution in [1.29, 1.82) is 0 Å². The summed E-state index contributed by atoms with van der Waals surface area (Å²) in [5.74, 6) is -1.94. The number of hydrogen-bond acceptors (Lipinski definition) is 4. The van der Waals surface area contributed by atoms with Crippen molar-refractivity contribution in [3.63, 3.8) is 0 Å². The highest BCUT2D eigenvalue weighted by molar-refractivity contribution is 6.00. The van der Waals surface area contributed by atoms with Crippen molar-refractivity contribution in [2.24, 2.45) is 0 Å². The van der Waals surface area contributed by atoms with Gasteiger partial charge in [-0.15, -0.1) is 0 Å². The molecule has 78 valence electrons. The molecule has 0 aliphatic carbocycles. The molecular weight excluding hydrogens is 198 g/mol. The van der Waals surface area contributed by atoms with Crippen LogP contribution >= 0.6 is 0 Å². The predicted octanol–water partition coefficient (Wildman–Crippen LogP) is 1.19. The second-order valence-electron chi connectivity index (χ2n) is 3.04. The molecule has 1 aromatic rings. The van der Waals surface area contributed by atoms with Gasteiger partial charge >= 0.3 is 5.97 Å². The molecule has 0 aromatic carbocycles. The first-order chi connectivity index (χ1) is 6.91. The van der Waals surface area contributed by atoms with E-state index in [1.807, 2.05) is 0 Å². The number of aromatic carboxylic acids is 1. The maximum atomic E-state index is 11.0. The quantitative estimate of drug-likeness (QED) is 0.752. The molecule has 0 aliphatic heterocycles. The van der Waals surface area contributed by atoms with Gasteiger partial charge in [0, 0.05) is 13.8 Å². The molecule has 0 bridgehead atoms. The van der Waals surface area contributed by atoms with Gasteiger partial charge in [-0.25, -0.2) is 9.78 Å². The highest BCUT2D eigenvalue weighted by Crippen LogP contribution is 2.08. The highest BCUT2D eigenvalue weighted by atomic mass is 16.4. The standard InChI is InChI=1S/C10H9NO4/c1-5(12)8-3-7(10(14)15)4-9(11-8)6(2)13/h3-4H,1-2H3,(H,14,15). The van der Waals surface area contributed by atoms with Crippen LogP contribution in [0.2, 0.25) is 0 Å². The van der Waals surface area contributed by atoms with Gasteiger partial charge in [-0.3, -0.25) is 9.59 Å². The van der Waals surface area contributed by atoms with E-state index in [1.54, 1.807) is 0 Å². The zero-order valence-electron chi connectivity index (χ0n) is 8.27. The van der Waals surface area contributed by atoms with Crippen molar-refractivity contribution in [1.82, 2.24) is 4.98 Å². The summed E-state index contributed by atoms with van der Waals surface area (Å²) < 4.78 is 0. The molecule has 0 unspecified atom stereocenters. The molecule has 0 atom stereocenters. The number of nitrogens with zero attached hydrogens (tertiary/aromatic N) is 1. The Balaban J connectivity index is 3.39. The molecule has 0 saturated carbocycles. The second-order valence-corrected chi connectivity index (χ2v) is 3.04. The Morgan fingerprint density at radius 3 is 1.73 bits per heavy atom. The summed E-state index contributed by atoms with van der Waals surface area (Å²) in [6.07, 6.45) is 0. The zero-order chi connectivity index (χ0) is 11.6. The van der Waals surface area contributed by atoms with Crippen molar-refractivity contribution in [2.75, 3.05) is 0 Å². The molecule has 0 fully saturated rings. The van der Waals surface area contributed by atoms with Crippen molar-refractivity contribution in [3.05, 3.63) is 29.1 Å². The average molecular weight is 207 g/mol. The van der Waals surface area contributed by atoms with E-state index in [2.05, 4.69) is 4.98 Å². The summed E-state index contributed by atoms with van der Waals surface area (Å²) in [5.41, 5.74) is -0.138. The Morgan fingerprint density at radius 1 is 1.07 bits per heavy atom. The van der Waals surface area contributed by atoms with E-state index in [0.717, 1.165) is 12.1 Å². The first-order valence-corrected chi connectivity index (χ1v) is 4.19. The fourth-order valence-corrected chi connectivity index (χ4v) is 1.01.